The van der Waals surface area contributed by atoms with E-state index in [0.29, 0.717) is 35.5 Å². The number of nitrogens with zero attached hydrogens (tertiary/aromatic N) is 2. The van der Waals surface area contributed by atoms with Gasteiger partial charge in [0.15, 0.2) is 0 Å². The number of unbranched alkanes of at least 4 members (excludes halogenated alkanes) is 1. The summed E-state index contributed by atoms with van der Waals surface area (Å²) in [6.45, 7) is 4.29. The number of aromatic hydroxyl groups is 1. The first-order valence-electron chi connectivity index (χ1n) is 19.3. The van der Waals surface area contributed by atoms with E-state index >= 15 is 0 Å². The lowest BCUT2D eigenvalue weighted by atomic mass is 9.69. The van der Waals surface area contributed by atoms with Gasteiger partial charge in [0.1, 0.15) is 11.9 Å². The number of hydrogen-bond acceptors (Lipinski definition) is 9. The number of ether oxygens (including phenoxy) is 1. The molecule has 2 bridgehead atoms. The smallest absolute Gasteiger partial charge is 0.316 e. The van der Waals surface area contributed by atoms with E-state index in [1.165, 1.54) is 17.7 Å². The normalized spacial score (nSPS) is 21.3. The maximum absolute atomic E-state index is 13.9. The number of pyridine rings is 2. The van der Waals surface area contributed by atoms with Crippen LogP contribution in [0.15, 0.2) is 71.7 Å². The first kappa shape index (κ1) is 36.8. The topological polar surface area (TPSA) is 157 Å². The van der Waals surface area contributed by atoms with Gasteiger partial charge in [0.2, 0.25) is 5.56 Å². The lowest BCUT2D eigenvalue weighted by Gasteiger charge is -2.45. The van der Waals surface area contributed by atoms with Gasteiger partial charge in [-0.15, -0.1) is 0 Å². The predicted molar refractivity (Wildman–Crippen MR) is 203 cm³/mol. The van der Waals surface area contributed by atoms with Crippen LogP contribution in [0.4, 0.5) is 0 Å². The Kier molecular flexibility index (Phi) is 11.5. The molecule has 11 heteroatoms. The van der Waals surface area contributed by atoms with Gasteiger partial charge >= 0.3 is 5.97 Å². The second kappa shape index (κ2) is 16.6. The van der Waals surface area contributed by atoms with Gasteiger partial charge in [0.05, 0.1) is 28.3 Å². The average Bonchev–Trinajstić information content (AvgIpc) is 3.19. The van der Waals surface area contributed by atoms with Crippen LogP contribution in [-0.2, 0) is 27.9 Å². The highest BCUT2D eigenvalue weighted by Crippen LogP contribution is 2.42. The first-order valence-corrected chi connectivity index (χ1v) is 19.3. The second-order valence-corrected chi connectivity index (χ2v) is 15.1. The monoisotopic (exact) mass is 721 g/mol. The summed E-state index contributed by atoms with van der Waals surface area (Å²) in [5.41, 5.74) is 3.50. The van der Waals surface area contributed by atoms with Crippen molar-refractivity contribution < 1.29 is 24.5 Å². The number of fused-ring (bicyclic) bond motifs is 4. The molecule has 1 aliphatic carbocycles. The number of carbonyl (C=O) groups is 2. The van der Waals surface area contributed by atoms with Crippen molar-refractivity contribution in [2.45, 2.75) is 88.4 Å². The number of aromatic amines is 1. The number of aliphatic hydroxyl groups excluding tert-OH is 1. The van der Waals surface area contributed by atoms with Crippen LogP contribution in [0.1, 0.15) is 96.6 Å². The van der Waals surface area contributed by atoms with Gasteiger partial charge in [-0.3, -0.25) is 24.3 Å². The van der Waals surface area contributed by atoms with Crippen LogP contribution < -0.4 is 16.2 Å². The van der Waals surface area contributed by atoms with Crippen LogP contribution >= 0.6 is 0 Å². The molecule has 280 valence electrons. The molecule has 0 radical (unpaired) electrons. The van der Waals surface area contributed by atoms with Crippen LogP contribution in [0.2, 0.25) is 0 Å². The zero-order valence-electron chi connectivity index (χ0n) is 30.3. The van der Waals surface area contributed by atoms with Crippen LogP contribution in [0.3, 0.4) is 0 Å². The van der Waals surface area contributed by atoms with Crippen molar-refractivity contribution in [1.82, 2.24) is 25.5 Å². The summed E-state index contributed by atoms with van der Waals surface area (Å²) in [6, 6.07) is 18.1. The lowest BCUT2D eigenvalue weighted by Crippen LogP contribution is -2.53. The Hall–Kier alpha value is -4.58. The number of rotatable bonds is 14. The van der Waals surface area contributed by atoms with E-state index in [1.807, 2.05) is 0 Å². The standard InChI is InChI=1S/C42H51N5O6/c48-35-14-12-33(34-13-15-38(50)46-39(34)35)36(49)26-43-25-32-11-10-30(24-45-32)40(51)44-20-5-2-7-28-8-6-9-31(23-28)42(18-3-1-4-19-42)41(52)53-37-27-47-21-16-29(37)17-22-47/h6,8-15,23-24,29,36-37,43,48-49H,1-5,7,16-22,25-27H2,(H,44,51)(H,46,50)/t36?,37-/m0/s1. The van der Waals surface area contributed by atoms with E-state index in [1.54, 1.807) is 30.5 Å². The number of esters is 1. The zero-order valence-corrected chi connectivity index (χ0v) is 30.3. The molecule has 4 fully saturated rings. The minimum absolute atomic E-state index is 0.0202. The molecule has 1 amide bonds. The van der Waals surface area contributed by atoms with Crippen molar-refractivity contribution in [1.29, 1.82) is 0 Å². The van der Waals surface area contributed by atoms with Gasteiger partial charge in [0.25, 0.3) is 5.91 Å². The van der Waals surface area contributed by atoms with Gasteiger partial charge < -0.3 is 30.6 Å². The number of benzene rings is 2. The molecule has 2 aromatic heterocycles. The largest absolute Gasteiger partial charge is 0.506 e. The molecular formula is C42H51N5O6. The number of piperidine rings is 3. The Morgan fingerprint density at radius 3 is 2.60 bits per heavy atom. The minimum atomic E-state index is -0.880. The van der Waals surface area contributed by atoms with Gasteiger partial charge in [-0.05, 0) is 105 Å². The van der Waals surface area contributed by atoms with Crippen LogP contribution in [-0.4, -0.2) is 75.8 Å². The molecule has 5 heterocycles. The van der Waals surface area contributed by atoms with E-state index in [9.17, 15) is 24.6 Å². The number of nitrogens with one attached hydrogen (secondary N) is 3. The van der Waals surface area contributed by atoms with E-state index in [0.717, 1.165) is 95.1 Å². The average molecular weight is 722 g/mol. The van der Waals surface area contributed by atoms with Gasteiger partial charge in [-0.25, -0.2) is 0 Å². The first-order chi connectivity index (χ1) is 25.8. The number of hydrogen-bond donors (Lipinski definition) is 5. The van der Waals surface area contributed by atoms with E-state index in [2.05, 4.69) is 49.8 Å². The summed E-state index contributed by atoms with van der Waals surface area (Å²) in [5, 5.41) is 27.7. The van der Waals surface area contributed by atoms with Gasteiger partial charge in [0, 0.05) is 43.8 Å². The third-order valence-electron chi connectivity index (χ3n) is 11.6. The van der Waals surface area contributed by atoms with Gasteiger partial charge in [-0.2, -0.15) is 0 Å². The SMILES string of the molecule is O=C(NCCCCc1cccc(C2(C(=O)O[C@H]3CN4CCC3CC4)CCCCC2)c1)c1ccc(CNCC(O)c2ccc(O)c3[nH]c(=O)ccc23)nc1. The number of carbonyl (C=O) groups excluding carboxylic acids is 2. The van der Waals surface area contributed by atoms with Crippen molar-refractivity contribution in [3.05, 3.63) is 105 Å². The molecule has 4 aliphatic rings. The lowest BCUT2D eigenvalue weighted by molar-refractivity contribution is -0.167. The molecule has 0 spiro atoms. The fourth-order valence-electron chi connectivity index (χ4n) is 8.50. The van der Waals surface area contributed by atoms with Crippen molar-refractivity contribution in [3.8, 4) is 5.75 Å². The Bertz CT molecular complexity index is 1950. The highest BCUT2D eigenvalue weighted by atomic mass is 16.5. The fraction of sp³-hybridized carbons (Fsp3) is 0.476. The van der Waals surface area contributed by atoms with Crippen LogP contribution in [0.25, 0.3) is 10.9 Å². The molecule has 2 aromatic carbocycles. The molecule has 5 N–H and O–H groups in total. The number of phenols is 1. The number of aliphatic hydroxyl groups is 1. The molecule has 2 atom stereocenters. The molecule has 11 nitrogen and oxygen atoms in total. The Balaban J connectivity index is 0.853. The number of phenolic OH excluding ortho intramolecular Hbond substituents is 1. The second-order valence-electron chi connectivity index (χ2n) is 15.1. The number of amides is 1. The summed E-state index contributed by atoms with van der Waals surface area (Å²) in [7, 11) is 0. The quantitative estimate of drug-likeness (QED) is 0.0889. The molecular weight excluding hydrogens is 670 g/mol. The highest BCUT2D eigenvalue weighted by Gasteiger charge is 2.46. The molecule has 1 unspecified atom stereocenters. The molecule has 3 saturated heterocycles. The Morgan fingerprint density at radius 1 is 1.02 bits per heavy atom. The maximum Gasteiger partial charge on any atom is 0.316 e. The predicted octanol–water partition coefficient (Wildman–Crippen LogP) is 5.04. The minimum Gasteiger partial charge on any atom is -0.506 e. The van der Waals surface area contributed by atoms with Crippen LogP contribution in [0.5, 0.6) is 5.75 Å². The third-order valence-corrected chi connectivity index (χ3v) is 11.6. The maximum atomic E-state index is 13.9. The highest BCUT2D eigenvalue weighted by molar-refractivity contribution is 5.93. The fourth-order valence-corrected chi connectivity index (χ4v) is 8.50. The summed E-state index contributed by atoms with van der Waals surface area (Å²) in [6.07, 6.45) is 10.5. The summed E-state index contributed by atoms with van der Waals surface area (Å²) in [4.78, 5) is 47.9. The van der Waals surface area contributed by atoms with E-state index < -0.39 is 11.5 Å². The molecule has 4 aromatic rings. The molecule has 8 rings (SSSR count). The number of aromatic nitrogens is 2. The Labute approximate surface area is 310 Å². The van der Waals surface area contributed by atoms with E-state index in [-0.39, 0.29) is 41.4 Å². The third kappa shape index (κ3) is 8.48. The van der Waals surface area contributed by atoms with Crippen molar-refractivity contribution in [2.24, 2.45) is 5.92 Å². The van der Waals surface area contributed by atoms with Crippen LogP contribution in [0, 0.1) is 5.92 Å². The zero-order chi connectivity index (χ0) is 36.8. The molecule has 3 aliphatic heterocycles. The number of H-pyrrole nitrogens is 1. The van der Waals surface area contributed by atoms with Crippen molar-refractivity contribution in [3.63, 3.8) is 0 Å². The van der Waals surface area contributed by atoms with Gasteiger partial charge in [-0.1, -0.05) is 49.6 Å². The molecule has 1 saturated carbocycles. The summed E-state index contributed by atoms with van der Waals surface area (Å²) in [5.74, 6) is 0.248. The Morgan fingerprint density at radius 2 is 1.85 bits per heavy atom. The van der Waals surface area contributed by atoms with E-state index in [4.69, 9.17) is 4.74 Å². The van der Waals surface area contributed by atoms with Crippen molar-refractivity contribution in [2.75, 3.05) is 32.7 Å². The molecule has 53 heavy (non-hydrogen) atoms. The summed E-state index contributed by atoms with van der Waals surface area (Å²) < 4.78 is 6.35. The summed E-state index contributed by atoms with van der Waals surface area (Å²) >= 11 is 0. The van der Waals surface area contributed by atoms with Crippen molar-refractivity contribution >= 4 is 22.8 Å². The number of aryl methyl sites for hydroxylation is 1.